The van der Waals surface area contributed by atoms with Gasteiger partial charge in [-0.15, -0.1) is 0 Å². The number of nitrogens with zero attached hydrogens (tertiary/aromatic N) is 3. The van der Waals surface area contributed by atoms with Crippen molar-refractivity contribution in [1.29, 1.82) is 0 Å². The van der Waals surface area contributed by atoms with E-state index < -0.39 is 22.5 Å². The van der Waals surface area contributed by atoms with Gasteiger partial charge < -0.3 is 9.30 Å². The fourth-order valence-corrected chi connectivity index (χ4v) is 5.80. The highest BCUT2D eigenvalue weighted by Gasteiger charge is 2.29. The lowest BCUT2D eigenvalue weighted by atomic mass is 10.2. The van der Waals surface area contributed by atoms with Gasteiger partial charge in [0.05, 0.1) is 23.9 Å². The Labute approximate surface area is 233 Å². The van der Waals surface area contributed by atoms with E-state index in [1.54, 1.807) is 42.5 Å². The number of hydrogen-bond donors (Lipinski definition) is 1. The molecule has 1 aromatic heterocycles. The van der Waals surface area contributed by atoms with E-state index >= 15 is 0 Å². The molecule has 0 unspecified atom stereocenters. The molecule has 0 atom stereocenters. The van der Waals surface area contributed by atoms with E-state index in [1.807, 2.05) is 38.3 Å². The predicted octanol–water partition coefficient (Wildman–Crippen LogP) is 5.20. The molecule has 40 heavy (non-hydrogen) atoms. The summed E-state index contributed by atoms with van der Waals surface area (Å²) in [5.74, 6) is -0.647. The van der Waals surface area contributed by atoms with Crippen LogP contribution >= 0.6 is 0 Å². The SMILES string of the molecule is COc1ccc(C)cc1N(CC(=O)N/N=C/c1cc(C)n(-c2ccc(F)cc2)c1C)S(=O)(=O)c1ccc(C)cc1. The number of sulfonamides is 1. The Hall–Kier alpha value is -4.44. The van der Waals surface area contributed by atoms with Crippen LogP contribution < -0.4 is 14.5 Å². The molecule has 1 amide bonds. The van der Waals surface area contributed by atoms with Gasteiger partial charge in [-0.3, -0.25) is 9.10 Å². The number of anilines is 1. The molecule has 10 heteroatoms. The Balaban J connectivity index is 1.60. The van der Waals surface area contributed by atoms with Crippen LogP contribution in [-0.2, 0) is 14.8 Å². The normalized spacial score (nSPS) is 11.6. The average Bonchev–Trinajstić information content (AvgIpc) is 3.20. The molecule has 4 aromatic rings. The number of rotatable bonds is 9. The van der Waals surface area contributed by atoms with Gasteiger partial charge >= 0.3 is 0 Å². The van der Waals surface area contributed by atoms with Crippen LogP contribution in [0.25, 0.3) is 5.69 Å². The molecule has 208 valence electrons. The number of ether oxygens (including phenoxy) is 1. The molecular weight excluding hydrogens is 531 g/mol. The molecule has 0 saturated heterocycles. The summed E-state index contributed by atoms with van der Waals surface area (Å²) in [5, 5.41) is 4.09. The van der Waals surface area contributed by atoms with Crippen molar-refractivity contribution in [2.45, 2.75) is 32.6 Å². The Morgan fingerprint density at radius 1 is 0.975 bits per heavy atom. The minimum Gasteiger partial charge on any atom is -0.495 e. The molecule has 1 heterocycles. The number of aromatic nitrogens is 1. The lowest BCUT2D eigenvalue weighted by Gasteiger charge is -2.25. The Kier molecular flexibility index (Phi) is 8.39. The van der Waals surface area contributed by atoms with E-state index in [0.717, 1.165) is 38.1 Å². The number of carbonyl (C=O) groups is 1. The quantitative estimate of drug-likeness (QED) is 0.224. The molecule has 0 radical (unpaired) electrons. The van der Waals surface area contributed by atoms with Crippen molar-refractivity contribution < 1.29 is 22.3 Å². The van der Waals surface area contributed by atoms with E-state index in [9.17, 15) is 17.6 Å². The number of hydrogen-bond acceptors (Lipinski definition) is 5. The van der Waals surface area contributed by atoms with Crippen LogP contribution in [-0.4, -0.2) is 38.8 Å². The number of nitrogens with one attached hydrogen (secondary N) is 1. The van der Waals surface area contributed by atoms with Gasteiger partial charge in [0, 0.05) is 22.6 Å². The maximum atomic E-state index is 13.7. The van der Waals surface area contributed by atoms with Gasteiger partial charge in [-0.25, -0.2) is 18.2 Å². The van der Waals surface area contributed by atoms with E-state index in [-0.39, 0.29) is 16.4 Å². The van der Waals surface area contributed by atoms with Crippen molar-refractivity contribution >= 4 is 27.8 Å². The molecule has 3 aromatic carbocycles. The van der Waals surface area contributed by atoms with Crippen LogP contribution in [0.5, 0.6) is 5.75 Å². The topological polar surface area (TPSA) is 93.0 Å². The lowest BCUT2D eigenvalue weighted by Crippen LogP contribution is -2.39. The molecule has 4 rings (SSSR count). The Morgan fingerprint density at radius 3 is 2.27 bits per heavy atom. The van der Waals surface area contributed by atoms with E-state index in [0.29, 0.717) is 5.75 Å². The minimum absolute atomic E-state index is 0.0474. The van der Waals surface area contributed by atoms with Gasteiger partial charge in [-0.2, -0.15) is 5.10 Å². The standard InChI is InChI=1S/C30H31FN4O4S/c1-20-6-13-27(14-7-20)40(37,38)34(28-16-21(2)8-15-29(28)39-5)19-30(36)33-32-18-24-17-22(3)35(23(24)4)26-11-9-25(31)10-12-26/h6-18H,19H2,1-5H3,(H,33,36)/b32-18+. The minimum atomic E-state index is -4.12. The molecular formula is C30H31FN4O4S. The first-order chi connectivity index (χ1) is 19.0. The average molecular weight is 563 g/mol. The predicted molar refractivity (Wildman–Crippen MR) is 154 cm³/mol. The van der Waals surface area contributed by atoms with E-state index in [1.165, 1.54) is 37.6 Å². The van der Waals surface area contributed by atoms with Gasteiger partial charge in [0.25, 0.3) is 15.9 Å². The van der Waals surface area contributed by atoms with Crippen LogP contribution in [0.3, 0.4) is 0 Å². The molecule has 0 aliphatic rings. The third-order valence-electron chi connectivity index (χ3n) is 6.45. The van der Waals surface area contributed by atoms with Gasteiger partial charge in [0.2, 0.25) is 0 Å². The first kappa shape index (κ1) is 28.6. The maximum absolute atomic E-state index is 13.7. The molecule has 0 bridgehead atoms. The summed E-state index contributed by atoms with van der Waals surface area (Å²) in [7, 11) is -2.68. The summed E-state index contributed by atoms with van der Waals surface area (Å²) in [5.41, 5.74) is 7.67. The molecule has 0 spiro atoms. The van der Waals surface area contributed by atoms with Gasteiger partial charge in [0.1, 0.15) is 18.1 Å². The summed E-state index contributed by atoms with van der Waals surface area (Å²) >= 11 is 0. The summed E-state index contributed by atoms with van der Waals surface area (Å²) in [6, 6.07) is 19.6. The summed E-state index contributed by atoms with van der Waals surface area (Å²) in [6.07, 6.45) is 1.49. The van der Waals surface area contributed by atoms with E-state index in [4.69, 9.17) is 4.74 Å². The molecule has 0 fully saturated rings. The second kappa shape index (κ2) is 11.7. The fourth-order valence-electron chi connectivity index (χ4n) is 4.38. The number of aryl methyl sites for hydroxylation is 3. The second-order valence-electron chi connectivity index (χ2n) is 9.43. The third kappa shape index (κ3) is 6.07. The molecule has 0 aliphatic carbocycles. The van der Waals surface area contributed by atoms with Crippen molar-refractivity contribution in [3.8, 4) is 11.4 Å². The van der Waals surface area contributed by atoms with E-state index in [2.05, 4.69) is 10.5 Å². The summed E-state index contributed by atoms with van der Waals surface area (Å²) in [4.78, 5) is 13.1. The van der Waals surface area contributed by atoms with Crippen LogP contribution in [0.2, 0.25) is 0 Å². The zero-order chi connectivity index (χ0) is 29.0. The highest BCUT2D eigenvalue weighted by molar-refractivity contribution is 7.92. The monoisotopic (exact) mass is 562 g/mol. The zero-order valence-electron chi connectivity index (χ0n) is 23.0. The summed E-state index contributed by atoms with van der Waals surface area (Å²) in [6.45, 7) is 6.96. The van der Waals surface area contributed by atoms with Crippen LogP contribution in [0.1, 0.15) is 28.1 Å². The number of amides is 1. The fraction of sp³-hybridized carbons (Fsp3) is 0.200. The Morgan fingerprint density at radius 2 is 1.62 bits per heavy atom. The number of halogens is 1. The van der Waals surface area contributed by atoms with Crippen molar-refractivity contribution in [1.82, 2.24) is 9.99 Å². The number of methoxy groups -OCH3 is 1. The van der Waals surface area contributed by atoms with Crippen molar-refractivity contribution in [2.75, 3.05) is 18.0 Å². The smallest absolute Gasteiger partial charge is 0.264 e. The third-order valence-corrected chi connectivity index (χ3v) is 8.22. The van der Waals surface area contributed by atoms with Crippen molar-refractivity contribution in [2.24, 2.45) is 5.10 Å². The second-order valence-corrected chi connectivity index (χ2v) is 11.3. The first-order valence-corrected chi connectivity index (χ1v) is 14.0. The van der Waals surface area contributed by atoms with Crippen LogP contribution in [0.4, 0.5) is 10.1 Å². The molecule has 1 N–H and O–H groups in total. The lowest BCUT2D eigenvalue weighted by molar-refractivity contribution is -0.119. The highest BCUT2D eigenvalue weighted by atomic mass is 32.2. The van der Waals surface area contributed by atoms with Gasteiger partial charge in [-0.05, 0) is 87.9 Å². The largest absolute Gasteiger partial charge is 0.495 e. The molecule has 0 aliphatic heterocycles. The maximum Gasteiger partial charge on any atom is 0.264 e. The number of carbonyl (C=O) groups excluding carboxylic acids is 1. The highest BCUT2D eigenvalue weighted by Crippen LogP contribution is 2.33. The van der Waals surface area contributed by atoms with Gasteiger partial charge in [0.15, 0.2) is 0 Å². The number of benzene rings is 3. The van der Waals surface area contributed by atoms with Gasteiger partial charge in [-0.1, -0.05) is 23.8 Å². The summed E-state index contributed by atoms with van der Waals surface area (Å²) < 4.78 is 49.2. The molecule has 8 nitrogen and oxygen atoms in total. The van der Waals surface area contributed by atoms with Crippen molar-refractivity contribution in [3.05, 3.63) is 107 Å². The van der Waals surface area contributed by atoms with Crippen LogP contribution in [0.15, 0.2) is 82.8 Å². The zero-order valence-corrected chi connectivity index (χ0v) is 23.8. The molecule has 0 saturated carbocycles. The number of hydrazone groups is 1. The Bertz CT molecular complexity index is 1660. The first-order valence-electron chi connectivity index (χ1n) is 12.5. The van der Waals surface area contributed by atoms with Crippen LogP contribution in [0, 0.1) is 33.5 Å². The van der Waals surface area contributed by atoms with Crippen molar-refractivity contribution in [3.63, 3.8) is 0 Å².